The maximum atomic E-state index is 12.1. The molecule has 0 atom stereocenters. The molecule has 0 aliphatic rings. The Labute approximate surface area is 171 Å². The number of rotatable bonds is 9. The van der Waals surface area contributed by atoms with Gasteiger partial charge >= 0.3 is 0 Å². The van der Waals surface area contributed by atoms with Gasteiger partial charge < -0.3 is 19.7 Å². The first-order valence-corrected chi connectivity index (χ1v) is 9.64. The van der Waals surface area contributed by atoms with Crippen LogP contribution in [0.25, 0.3) is 0 Å². The first-order valence-electron chi connectivity index (χ1n) is 9.64. The maximum absolute atomic E-state index is 12.1. The van der Waals surface area contributed by atoms with E-state index in [-0.39, 0.29) is 12.5 Å². The van der Waals surface area contributed by atoms with E-state index in [1.165, 1.54) is 0 Å². The second-order valence-corrected chi connectivity index (χ2v) is 6.30. The van der Waals surface area contributed by atoms with E-state index in [4.69, 9.17) is 9.47 Å². The van der Waals surface area contributed by atoms with Crippen LogP contribution in [-0.2, 0) is 4.79 Å². The summed E-state index contributed by atoms with van der Waals surface area (Å²) in [6, 6.07) is 20.3. The van der Waals surface area contributed by atoms with Gasteiger partial charge in [-0.2, -0.15) is 0 Å². The average molecular weight is 391 g/mol. The number of hydrogen-bond donors (Lipinski definition) is 1. The summed E-state index contributed by atoms with van der Waals surface area (Å²) in [6.45, 7) is 6.06. The molecule has 0 saturated carbocycles. The van der Waals surface area contributed by atoms with E-state index in [2.05, 4.69) is 29.0 Å². The van der Waals surface area contributed by atoms with Crippen molar-refractivity contribution < 1.29 is 14.3 Å². The number of pyridine rings is 1. The number of aromatic nitrogens is 1. The maximum Gasteiger partial charge on any atom is 0.262 e. The molecule has 2 aromatic carbocycles. The predicted molar refractivity (Wildman–Crippen MR) is 115 cm³/mol. The van der Waals surface area contributed by atoms with Crippen molar-refractivity contribution in [1.82, 2.24) is 4.98 Å². The Balaban J connectivity index is 1.47. The molecule has 3 aromatic rings. The molecule has 29 heavy (non-hydrogen) atoms. The highest BCUT2D eigenvalue weighted by atomic mass is 16.5. The third-order valence-corrected chi connectivity index (χ3v) is 4.33. The molecule has 1 aromatic heterocycles. The number of nitrogens with zero attached hydrogens (tertiary/aromatic N) is 2. The Kier molecular flexibility index (Phi) is 7.05. The number of amides is 1. The van der Waals surface area contributed by atoms with Crippen LogP contribution in [0, 0.1) is 0 Å². The molecule has 1 heterocycles. The van der Waals surface area contributed by atoms with Crippen LogP contribution in [0.4, 0.5) is 11.4 Å². The van der Waals surface area contributed by atoms with E-state index in [9.17, 15) is 4.79 Å². The molecule has 6 heteroatoms. The second-order valence-electron chi connectivity index (χ2n) is 6.30. The van der Waals surface area contributed by atoms with Gasteiger partial charge in [-0.25, -0.2) is 4.98 Å². The van der Waals surface area contributed by atoms with Gasteiger partial charge in [0.2, 0.25) is 5.88 Å². The third-order valence-electron chi connectivity index (χ3n) is 4.33. The number of hydrogen-bond acceptors (Lipinski definition) is 5. The van der Waals surface area contributed by atoms with Gasteiger partial charge in [-0.1, -0.05) is 6.07 Å². The van der Waals surface area contributed by atoms with Crippen molar-refractivity contribution in [3.05, 3.63) is 72.9 Å². The fourth-order valence-electron chi connectivity index (χ4n) is 2.82. The Hall–Kier alpha value is -3.54. The van der Waals surface area contributed by atoms with Crippen molar-refractivity contribution >= 4 is 17.3 Å². The minimum absolute atomic E-state index is 0.0712. The summed E-state index contributed by atoms with van der Waals surface area (Å²) in [6.07, 6.45) is 1.67. The zero-order valence-electron chi connectivity index (χ0n) is 16.7. The summed E-state index contributed by atoms with van der Waals surface area (Å²) in [5.41, 5.74) is 1.88. The van der Waals surface area contributed by atoms with Gasteiger partial charge in [-0.15, -0.1) is 0 Å². The summed E-state index contributed by atoms with van der Waals surface area (Å²) in [4.78, 5) is 18.5. The molecule has 0 saturated heterocycles. The van der Waals surface area contributed by atoms with Crippen LogP contribution in [-0.4, -0.2) is 30.6 Å². The molecule has 0 aliphatic carbocycles. The van der Waals surface area contributed by atoms with E-state index in [1.807, 2.05) is 36.4 Å². The minimum atomic E-state index is -0.214. The zero-order valence-corrected chi connectivity index (χ0v) is 16.7. The molecule has 3 rings (SSSR count). The molecule has 1 amide bonds. The SMILES string of the molecule is CCN(CC)c1ccc(NC(=O)COc2ccc(Oc3ccccn3)cc2)cc1. The van der Waals surface area contributed by atoms with E-state index < -0.39 is 0 Å². The highest BCUT2D eigenvalue weighted by molar-refractivity contribution is 5.92. The lowest BCUT2D eigenvalue weighted by Gasteiger charge is -2.21. The first kappa shape index (κ1) is 20.2. The Morgan fingerprint density at radius 2 is 1.62 bits per heavy atom. The number of benzene rings is 2. The van der Waals surface area contributed by atoms with Crippen LogP contribution >= 0.6 is 0 Å². The van der Waals surface area contributed by atoms with E-state index in [1.54, 1.807) is 36.5 Å². The van der Waals surface area contributed by atoms with Crippen molar-refractivity contribution in [2.24, 2.45) is 0 Å². The van der Waals surface area contributed by atoms with Crippen LogP contribution in [0.5, 0.6) is 17.4 Å². The smallest absolute Gasteiger partial charge is 0.262 e. The Morgan fingerprint density at radius 3 is 2.24 bits per heavy atom. The minimum Gasteiger partial charge on any atom is -0.484 e. The van der Waals surface area contributed by atoms with Gasteiger partial charge in [0.15, 0.2) is 6.61 Å². The number of carbonyl (C=O) groups is 1. The molecule has 1 N–H and O–H groups in total. The fourth-order valence-corrected chi connectivity index (χ4v) is 2.82. The summed E-state index contributed by atoms with van der Waals surface area (Å²) < 4.78 is 11.2. The lowest BCUT2D eigenvalue weighted by Crippen LogP contribution is -2.22. The summed E-state index contributed by atoms with van der Waals surface area (Å²) in [7, 11) is 0. The van der Waals surface area contributed by atoms with Gasteiger partial charge in [0.25, 0.3) is 5.91 Å². The highest BCUT2D eigenvalue weighted by Crippen LogP contribution is 2.22. The summed E-state index contributed by atoms with van der Waals surface area (Å²) >= 11 is 0. The molecule has 0 radical (unpaired) electrons. The molecule has 0 fully saturated rings. The van der Waals surface area contributed by atoms with Gasteiger partial charge in [-0.3, -0.25) is 4.79 Å². The largest absolute Gasteiger partial charge is 0.484 e. The van der Waals surface area contributed by atoms with Crippen molar-refractivity contribution in [3.63, 3.8) is 0 Å². The molecule has 6 nitrogen and oxygen atoms in total. The van der Waals surface area contributed by atoms with Crippen LogP contribution < -0.4 is 19.7 Å². The topological polar surface area (TPSA) is 63.7 Å². The molecule has 0 spiro atoms. The van der Waals surface area contributed by atoms with E-state index in [0.29, 0.717) is 17.4 Å². The van der Waals surface area contributed by atoms with Crippen LogP contribution in [0.1, 0.15) is 13.8 Å². The average Bonchev–Trinajstić information content (AvgIpc) is 2.76. The van der Waals surface area contributed by atoms with Crippen molar-refractivity contribution in [2.45, 2.75) is 13.8 Å². The Morgan fingerprint density at radius 1 is 0.931 bits per heavy atom. The lowest BCUT2D eigenvalue weighted by atomic mass is 10.2. The molecule has 150 valence electrons. The van der Waals surface area contributed by atoms with E-state index >= 15 is 0 Å². The lowest BCUT2D eigenvalue weighted by molar-refractivity contribution is -0.118. The quantitative estimate of drug-likeness (QED) is 0.571. The number of carbonyl (C=O) groups excluding carboxylic acids is 1. The molecular weight excluding hydrogens is 366 g/mol. The number of nitrogens with one attached hydrogen (secondary N) is 1. The predicted octanol–water partition coefficient (Wildman–Crippen LogP) is 4.74. The molecular formula is C23H25N3O3. The monoisotopic (exact) mass is 391 g/mol. The second kappa shape index (κ2) is 10.1. The van der Waals surface area contributed by atoms with Gasteiger partial charge in [0.1, 0.15) is 11.5 Å². The van der Waals surface area contributed by atoms with Crippen LogP contribution in [0.15, 0.2) is 72.9 Å². The summed E-state index contributed by atoms with van der Waals surface area (Å²) in [5, 5.41) is 2.84. The number of anilines is 2. The molecule has 0 unspecified atom stereocenters. The standard InChI is InChI=1S/C23H25N3O3/c1-3-26(4-2)19-10-8-18(9-11-19)25-22(27)17-28-20-12-14-21(15-13-20)29-23-7-5-6-16-24-23/h5-16H,3-4,17H2,1-2H3,(H,25,27). The zero-order chi connectivity index (χ0) is 20.5. The van der Waals surface area contributed by atoms with E-state index in [0.717, 1.165) is 24.5 Å². The van der Waals surface area contributed by atoms with Crippen LogP contribution in [0.2, 0.25) is 0 Å². The summed E-state index contributed by atoms with van der Waals surface area (Å²) in [5.74, 6) is 1.54. The highest BCUT2D eigenvalue weighted by Gasteiger charge is 2.06. The van der Waals surface area contributed by atoms with Gasteiger partial charge in [-0.05, 0) is 68.4 Å². The fraction of sp³-hybridized carbons (Fsp3) is 0.217. The van der Waals surface area contributed by atoms with Gasteiger partial charge in [0, 0.05) is 36.7 Å². The normalized spacial score (nSPS) is 10.3. The molecule has 0 bridgehead atoms. The molecule has 0 aliphatic heterocycles. The Bertz CT molecular complexity index is 893. The van der Waals surface area contributed by atoms with Crippen molar-refractivity contribution in [2.75, 3.05) is 29.9 Å². The van der Waals surface area contributed by atoms with Crippen molar-refractivity contribution in [3.8, 4) is 17.4 Å². The number of ether oxygens (including phenoxy) is 2. The van der Waals surface area contributed by atoms with Gasteiger partial charge in [0.05, 0.1) is 0 Å². The van der Waals surface area contributed by atoms with Crippen molar-refractivity contribution in [1.29, 1.82) is 0 Å². The third kappa shape index (κ3) is 5.97. The van der Waals surface area contributed by atoms with Crippen LogP contribution in [0.3, 0.4) is 0 Å². The first-order chi connectivity index (χ1) is 14.2.